The first kappa shape index (κ1) is 13.5. The van der Waals surface area contributed by atoms with Crippen molar-refractivity contribution in [1.29, 1.82) is 0 Å². The van der Waals surface area contributed by atoms with Crippen LogP contribution in [0, 0.1) is 5.92 Å². The van der Waals surface area contributed by atoms with Gasteiger partial charge in [-0.2, -0.15) is 0 Å². The Kier molecular flexibility index (Phi) is 6.46. The molecule has 0 saturated carbocycles. The summed E-state index contributed by atoms with van der Waals surface area (Å²) in [7, 11) is 0. The first-order valence-corrected chi connectivity index (χ1v) is 6.66. The van der Waals surface area contributed by atoms with Crippen molar-refractivity contribution in [1.82, 2.24) is 4.90 Å². The Morgan fingerprint density at radius 1 is 1.19 bits per heavy atom. The predicted octanol–water partition coefficient (Wildman–Crippen LogP) is 2.45. The van der Waals surface area contributed by atoms with Crippen LogP contribution < -0.4 is 0 Å². The van der Waals surface area contributed by atoms with Gasteiger partial charge >= 0.3 is 0 Å². The lowest BCUT2D eigenvalue weighted by atomic mass is 9.95. The van der Waals surface area contributed by atoms with Crippen LogP contribution in [0.3, 0.4) is 0 Å². The zero-order valence-corrected chi connectivity index (χ0v) is 10.7. The minimum Gasteiger partial charge on any atom is -0.378 e. The van der Waals surface area contributed by atoms with Crippen molar-refractivity contribution in [3.05, 3.63) is 0 Å². The highest BCUT2D eigenvalue weighted by Gasteiger charge is 2.24. The number of carbonyl (C=O) groups excluding carboxylic acids is 1. The highest BCUT2D eigenvalue weighted by atomic mass is 16.5. The van der Waals surface area contributed by atoms with Crippen molar-refractivity contribution in [2.45, 2.75) is 46.0 Å². The lowest BCUT2D eigenvalue weighted by Gasteiger charge is -2.30. The number of ether oxygens (including phenoxy) is 1. The maximum atomic E-state index is 12.3. The van der Waals surface area contributed by atoms with Crippen molar-refractivity contribution in [2.75, 3.05) is 26.3 Å². The molecule has 0 bridgehead atoms. The molecule has 3 heteroatoms. The molecule has 0 aromatic rings. The molecule has 0 radical (unpaired) electrons. The molecular formula is C13H25NO2. The second-order valence-corrected chi connectivity index (χ2v) is 4.57. The van der Waals surface area contributed by atoms with E-state index in [4.69, 9.17) is 4.74 Å². The molecular weight excluding hydrogens is 202 g/mol. The van der Waals surface area contributed by atoms with Gasteiger partial charge in [0.25, 0.3) is 0 Å². The van der Waals surface area contributed by atoms with Gasteiger partial charge in [-0.25, -0.2) is 0 Å². The Labute approximate surface area is 99.1 Å². The molecule has 1 atom stereocenters. The van der Waals surface area contributed by atoms with E-state index in [0.29, 0.717) is 19.1 Å². The van der Waals surface area contributed by atoms with Gasteiger partial charge in [0.1, 0.15) is 0 Å². The Hall–Kier alpha value is -0.570. The summed E-state index contributed by atoms with van der Waals surface area (Å²) in [6.07, 6.45) is 5.54. The Bertz CT molecular complexity index is 200. The molecule has 1 rings (SSSR count). The Morgan fingerprint density at radius 2 is 1.88 bits per heavy atom. The van der Waals surface area contributed by atoms with E-state index in [-0.39, 0.29) is 5.92 Å². The van der Waals surface area contributed by atoms with Gasteiger partial charge in [-0.3, -0.25) is 4.79 Å². The Morgan fingerprint density at radius 3 is 2.44 bits per heavy atom. The second-order valence-electron chi connectivity index (χ2n) is 4.57. The van der Waals surface area contributed by atoms with E-state index < -0.39 is 0 Å². The summed E-state index contributed by atoms with van der Waals surface area (Å²) in [5.74, 6) is 0.613. The van der Waals surface area contributed by atoms with E-state index in [1.165, 1.54) is 12.8 Å². The van der Waals surface area contributed by atoms with E-state index in [2.05, 4.69) is 13.8 Å². The lowest BCUT2D eigenvalue weighted by molar-refractivity contribution is -0.140. The minimum absolute atomic E-state index is 0.253. The quantitative estimate of drug-likeness (QED) is 0.697. The maximum absolute atomic E-state index is 12.3. The van der Waals surface area contributed by atoms with Crippen molar-refractivity contribution >= 4 is 5.91 Å². The van der Waals surface area contributed by atoms with E-state index in [9.17, 15) is 4.79 Å². The summed E-state index contributed by atoms with van der Waals surface area (Å²) in [5, 5.41) is 0. The first-order valence-electron chi connectivity index (χ1n) is 6.66. The van der Waals surface area contributed by atoms with Crippen molar-refractivity contribution in [3.63, 3.8) is 0 Å². The van der Waals surface area contributed by atoms with Crippen LogP contribution in [-0.2, 0) is 9.53 Å². The summed E-state index contributed by atoms with van der Waals surface area (Å²) in [4.78, 5) is 14.3. The third kappa shape index (κ3) is 4.12. The molecule has 0 spiro atoms. The molecule has 1 fully saturated rings. The van der Waals surface area contributed by atoms with Crippen LogP contribution in [0.15, 0.2) is 0 Å². The zero-order chi connectivity index (χ0) is 11.8. The van der Waals surface area contributed by atoms with Crippen LogP contribution in [0.25, 0.3) is 0 Å². The van der Waals surface area contributed by atoms with E-state index in [0.717, 1.165) is 32.4 Å². The summed E-state index contributed by atoms with van der Waals surface area (Å²) >= 11 is 0. The standard InChI is InChI=1S/C13H25NO2/c1-3-5-7-12(6-4-2)13(15)14-8-10-16-11-9-14/h12H,3-11H2,1-2H3. The van der Waals surface area contributed by atoms with Crippen LogP contribution >= 0.6 is 0 Å². The van der Waals surface area contributed by atoms with Crippen LogP contribution in [0.1, 0.15) is 46.0 Å². The normalized spacial score (nSPS) is 18.5. The van der Waals surface area contributed by atoms with E-state index in [1.807, 2.05) is 4.90 Å². The monoisotopic (exact) mass is 227 g/mol. The molecule has 0 N–H and O–H groups in total. The number of amides is 1. The number of carbonyl (C=O) groups is 1. The van der Waals surface area contributed by atoms with Crippen molar-refractivity contribution in [2.24, 2.45) is 5.92 Å². The summed E-state index contributed by atoms with van der Waals surface area (Å²) in [6, 6.07) is 0. The smallest absolute Gasteiger partial charge is 0.225 e. The van der Waals surface area contributed by atoms with Gasteiger partial charge in [0.05, 0.1) is 13.2 Å². The summed E-state index contributed by atoms with van der Waals surface area (Å²) in [5.41, 5.74) is 0. The second kappa shape index (κ2) is 7.66. The number of unbranched alkanes of at least 4 members (excludes halogenated alkanes) is 1. The number of hydrogen-bond donors (Lipinski definition) is 0. The molecule has 0 aromatic carbocycles. The maximum Gasteiger partial charge on any atom is 0.225 e. The predicted molar refractivity (Wildman–Crippen MR) is 65.3 cm³/mol. The van der Waals surface area contributed by atoms with Crippen molar-refractivity contribution in [3.8, 4) is 0 Å². The SMILES string of the molecule is CCCCC(CCC)C(=O)N1CCOCC1. The van der Waals surface area contributed by atoms with E-state index >= 15 is 0 Å². The first-order chi connectivity index (χ1) is 7.79. The average molecular weight is 227 g/mol. The zero-order valence-electron chi connectivity index (χ0n) is 10.7. The molecule has 3 nitrogen and oxygen atoms in total. The molecule has 1 aliphatic rings. The summed E-state index contributed by atoms with van der Waals surface area (Å²) < 4.78 is 5.28. The van der Waals surface area contributed by atoms with Crippen LogP contribution in [0.5, 0.6) is 0 Å². The fourth-order valence-corrected chi connectivity index (χ4v) is 2.23. The van der Waals surface area contributed by atoms with Gasteiger partial charge in [-0.15, -0.1) is 0 Å². The molecule has 1 heterocycles. The van der Waals surface area contributed by atoms with Crippen molar-refractivity contribution < 1.29 is 9.53 Å². The highest BCUT2D eigenvalue weighted by Crippen LogP contribution is 2.18. The molecule has 1 saturated heterocycles. The van der Waals surface area contributed by atoms with Gasteiger partial charge < -0.3 is 9.64 Å². The van der Waals surface area contributed by atoms with Gasteiger partial charge in [0, 0.05) is 19.0 Å². The van der Waals surface area contributed by atoms with Gasteiger partial charge in [0.15, 0.2) is 0 Å². The third-order valence-corrected chi connectivity index (χ3v) is 3.22. The third-order valence-electron chi connectivity index (χ3n) is 3.22. The van der Waals surface area contributed by atoms with Crippen LogP contribution in [0.4, 0.5) is 0 Å². The number of hydrogen-bond acceptors (Lipinski definition) is 2. The molecule has 1 aliphatic heterocycles. The largest absolute Gasteiger partial charge is 0.378 e. The molecule has 1 unspecified atom stereocenters. The molecule has 0 aliphatic carbocycles. The van der Waals surface area contributed by atoms with Crippen LogP contribution in [-0.4, -0.2) is 37.1 Å². The molecule has 94 valence electrons. The number of rotatable bonds is 6. The number of nitrogens with zero attached hydrogens (tertiary/aromatic N) is 1. The topological polar surface area (TPSA) is 29.5 Å². The van der Waals surface area contributed by atoms with Gasteiger partial charge in [-0.1, -0.05) is 33.1 Å². The molecule has 0 aromatic heterocycles. The van der Waals surface area contributed by atoms with Gasteiger partial charge in [0.2, 0.25) is 5.91 Å². The minimum atomic E-state index is 0.253. The fourth-order valence-electron chi connectivity index (χ4n) is 2.23. The fraction of sp³-hybridized carbons (Fsp3) is 0.923. The van der Waals surface area contributed by atoms with Gasteiger partial charge in [-0.05, 0) is 12.8 Å². The lowest BCUT2D eigenvalue weighted by Crippen LogP contribution is -2.43. The van der Waals surface area contributed by atoms with E-state index in [1.54, 1.807) is 0 Å². The number of morpholine rings is 1. The average Bonchev–Trinajstić information content (AvgIpc) is 2.35. The highest BCUT2D eigenvalue weighted by molar-refractivity contribution is 5.78. The molecule has 1 amide bonds. The Balaban J connectivity index is 2.44. The summed E-state index contributed by atoms with van der Waals surface area (Å²) in [6.45, 7) is 7.32. The molecule has 16 heavy (non-hydrogen) atoms. The van der Waals surface area contributed by atoms with Crippen LogP contribution in [0.2, 0.25) is 0 Å².